The van der Waals surface area contributed by atoms with E-state index in [-0.39, 0.29) is 25.0 Å². The lowest BCUT2D eigenvalue weighted by atomic mass is 9.95. The van der Waals surface area contributed by atoms with Crippen LogP contribution >= 0.6 is 11.8 Å². The van der Waals surface area contributed by atoms with Crippen LogP contribution in [-0.2, 0) is 60.8 Å². The Labute approximate surface area is 416 Å². The zero-order chi connectivity index (χ0) is 53.7. The first-order valence-electron chi connectivity index (χ1n) is 23.2. The van der Waals surface area contributed by atoms with Crippen LogP contribution in [0.15, 0.2) is 36.8 Å². The number of thioether (sulfide) groups is 1. The molecule has 0 spiro atoms. The van der Waals surface area contributed by atoms with E-state index in [9.17, 15) is 63.3 Å². The van der Waals surface area contributed by atoms with Crippen LogP contribution < -0.4 is 48.3 Å². The number of phenols is 1. The molecule has 14 N–H and O–H groups in total. The second-order valence-electron chi connectivity index (χ2n) is 18.0. The number of hydrogen-bond acceptors (Lipinski definition) is 14. The van der Waals surface area contributed by atoms with E-state index in [0.717, 1.165) is 0 Å². The van der Waals surface area contributed by atoms with Crippen molar-refractivity contribution < 1.29 is 63.3 Å². The molecule has 25 heteroatoms. The summed E-state index contributed by atoms with van der Waals surface area (Å²) in [4.78, 5) is 139. The smallest absolute Gasteiger partial charge is 0.326 e. The number of aromatic amines is 1. The summed E-state index contributed by atoms with van der Waals surface area (Å²) < 4.78 is 0. The number of H-pyrrole nitrogens is 1. The number of carboxylic acid groups (broad SMARTS) is 2. The second kappa shape index (κ2) is 29.4. The average Bonchev–Trinajstić information content (AvgIpc) is 3.82. The molecule has 8 amide bonds. The van der Waals surface area contributed by atoms with E-state index >= 15 is 0 Å². The number of hydrogen-bond donors (Lipinski definition) is 13. The van der Waals surface area contributed by atoms with Crippen LogP contribution in [0.3, 0.4) is 0 Å². The van der Waals surface area contributed by atoms with Crippen molar-refractivity contribution in [1.82, 2.24) is 52.5 Å². The monoisotopic (exact) mass is 1020 g/mol. The van der Waals surface area contributed by atoms with Gasteiger partial charge in [-0.3, -0.25) is 43.2 Å². The Morgan fingerprint density at radius 3 is 1.61 bits per heavy atom. The largest absolute Gasteiger partial charge is 0.508 e. The fraction of sp³-hybridized carbons (Fsp3) is 0.587. The van der Waals surface area contributed by atoms with Gasteiger partial charge in [0, 0.05) is 24.7 Å². The molecule has 1 heterocycles. The van der Waals surface area contributed by atoms with Crippen LogP contribution in [0.5, 0.6) is 5.75 Å². The third-order valence-corrected chi connectivity index (χ3v) is 12.0. The zero-order valence-corrected chi connectivity index (χ0v) is 42.3. The number of nitrogens with one attached hydrogen (secondary N) is 9. The number of rotatable bonds is 30. The summed E-state index contributed by atoms with van der Waals surface area (Å²) in [7, 11) is 0. The summed E-state index contributed by atoms with van der Waals surface area (Å²) in [5.41, 5.74) is 6.74. The maximum Gasteiger partial charge on any atom is 0.326 e. The van der Waals surface area contributed by atoms with Crippen molar-refractivity contribution in [3.05, 3.63) is 48.0 Å². The number of phenolic OH excluding ortho intramolecular Hbond substituents is 1. The molecule has 0 saturated heterocycles. The quantitative estimate of drug-likeness (QED) is 0.0438. The molecule has 0 aliphatic rings. The Morgan fingerprint density at radius 1 is 0.620 bits per heavy atom. The molecule has 1 aromatic carbocycles. The molecule has 24 nitrogen and oxygen atoms in total. The second-order valence-corrected chi connectivity index (χ2v) is 19.0. The molecule has 0 fully saturated rings. The first-order valence-corrected chi connectivity index (χ1v) is 24.6. The molecule has 0 unspecified atom stereocenters. The summed E-state index contributed by atoms with van der Waals surface area (Å²) in [5, 5.41) is 49.1. The van der Waals surface area contributed by atoms with Gasteiger partial charge >= 0.3 is 11.9 Å². The van der Waals surface area contributed by atoms with Gasteiger partial charge in [0.05, 0.1) is 18.8 Å². The van der Waals surface area contributed by atoms with Gasteiger partial charge in [-0.1, -0.05) is 60.1 Å². The van der Waals surface area contributed by atoms with Crippen LogP contribution in [-0.4, -0.2) is 151 Å². The van der Waals surface area contributed by atoms with Gasteiger partial charge in [0.2, 0.25) is 47.3 Å². The SMILES string of the molecule is CC[C@H](C)[C@H](NC(=O)[C@H](Cc1cnc[nH]1)NC(=O)[C@H](C)N)C(=O)N[C@H](C(=O)N[C@@H](CCSC)C(=O)N[C@H](C(=O)N[C@@H](CC(=O)O)C(=O)N[C@@H](C)C(=O)N[C@@H](Cc1ccc(O)cc1)C(=O)O)C(C)C)C(C)C. The molecule has 2 aromatic rings. The number of carbonyl (C=O) groups excluding carboxylic acids is 8. The van der Waals surface area contributed by atoms with Gasteiger partial charge in [-0.05, 0) is 67.7 Å². The number of aliphatic carboxylic acids is 2. The topological polar surface area (TPSA) is 382 Å². The van der Waals surface area contributed by atoms with Crippen molar-refractivity contribution in [2.45, 2.75) is 142 Å². The number of imidazole rings is 1. The van der Waals surface area contributed by atoms with Crippen LogP contribution in [0.25, 0.3) is 0 Å². The lowest BCUT2D eigenvalue weighted by molar-refractivity contribution is -0.143. The number of aromatic hydroxyl groups is 1. The standard InChI is InChI=1S/C46H71N11O13S/c1-10-24(6)37(57-42(65)31(52-38(61)25(7)47)18-28-20-48-21-49-28)45(68)56-36(23(4)5)43(66)51-30(15-16-71-9)40(63)55-35(22(2)3)44(67)53-32(19-34(59)60)41(64)50-26(8)39(62)54-33(46(69)70)17-27-11-13-29(58)14-12-27/h11-14,20-26,30-33,35-37,58H,10,15-19,47H2,1-9H3,(H,48,49)(H,50,64)(H,51,66)(H,52,61)(H,53,67)(H,54,62)(H,55,63)(H,56,68)(H,57,65)(H,59,60)(H,69,70)/t24-,25-,26-,30-,31-,32-,33-,35-,36-,37-/m0/s1. The normalized spacial score (nSPS) is 15.4. The highest BCUT2D eigenvalue weighted by atomic mass is 32.2. The Kier molecular flexibility index (Phi) is 25.0. The number of carboxylic acids is 2. The summed E-state index contributed by atoms with van der Waals surface area (Å²) >= 11 is 1.36. The summed E-state index contributed by atoms with van der Waals surface area (Å²) in [6.07, 6.45) is 4.00. The molecule has 1 aromatic heterocycles. The number of carbonyl (C=O) groups is 10. The molecule has 394 valence electrons. The molecule has 0 bridgehead atoms. The van der Waals surface area contributed by atoms with Crippen LogP contribution in [0, 0.1) is 17.8 Å². The summed E-state index contributed by atoms with van der Waals surface area (Å²) in [6.45, 7) is 12.6. The number of aromatic nitrogens is 2. The maximum atomic E-state index is 14.0. The fourth-order valence-electron chi connectivity index (χ4n) is 6.81. The highest BCUT2D eigenvalue weighted by Crippen LogP contribution is 2.15. The van der Waals surface area contributed by atoms with Gasteiger partial charge in [0.1, 0.15) is 54.1 Å². The van der Waals surface area contributed by atoms with Gasteiger partial charge in [0.15, 0.2) is 0 Å². The third kappa shape index (κ3) is 20.2. The molecular weight excluding hydrogens is 947 g/mol. The molecule has 0 saturated carbocycles. The zero-order valence-electron chi connectivity index (χ0n) is 41.5. The third-order valence-electron chi connectivity index (χ3n) is 11.3. The predicted octanol–water partition coefficient (Wildman–Crippen LogP) is -1.18. The number of nitrogens with zero attached hydrogens (tertiary/aromatic N) is 1. The molecule has 0 aliphatic carbocycles. The Balaban J connectivity index is 2.26. The van der Waals surface area contributed by atoms with E-state index in [4.69, 9.17) is 5.73 Å². The van der Waals surface area contributed by atoms with Crippen molar-refractivity contribution in [3.8, 4) is 5.75 Å². The minimum atomic E-state index is -1.78. The first kappa shape index (κ1) is 60.4. The van der Waals surface area contributed by atoms with Crippen molar-refractivity contribution in [2.75, 3.05) is 12.0 Å². The Hall–Kier alpha value is -6.76. The molecule has 0 aliphatic heterocycles. The average molecular weight is 1020 g/mol. The van der Waals surface area contributed by atoms with Crippen molar-refractivity contribution in [2.24, 2.45) is 23.5 Å². The van der Waals surface area contributed by atoms with Crippen molar-refractivity contribution in [1.29, 1.82) is 0 Å². The molecule has 0 radical (unpaired) electrons. The van der Waals surface area contributed by atoms with E-state index < -0.39 is 138 Å². The van der Waals surface area contributed by atoms with E-state index in [1.54, 1.807) is 47.8 Å². The highest BCUT2D eigenvalue weighted by molar-refractivity contribution is 7.98. The van der Waals surface area contributed by atoms with Gasteiger partial charge in [-0.15, -0.1) is 0 Å². The van der Waals surface area contributed by atoms with Crippen LogP contribution in [0.2, 0.25) is 0 Å². The minimum Gasteiger partial charge on any atom is -0.508 e. The number of benzene rings is 1. The maximum absolute atomic E-state index is 14.0. The van der Waals surface area contributed by atoms with Crippen molar-refractivity contribution in [3.63, 3.8) is 0 Å². The summed E-state index contributed by atoms with van der Waals surface area (Å²) in [5.74, 6) is -10.9. The number of amides is 8. The van der Waals surface area contributed by atoms with E-state index in [1.165, 1.54) is 62.4 Å². The van der Waals surface area contributed by atoms with Gasteiger partial charge in [0.25, 0.3) is 0 Å². The minimum absolute atomic E-state index is 0.00422. The van der Waals surface area contributed by atoms with Crippen molar-refractivity contribution >= 4 is 71.0 Å². The predicted molar refractivity (Wildman–Crippen MR) is 261 cm³/mol. The lowest BCUT2D eigenvalue weighted by Gasteiger charge is -2.31. The van der Waals surface area contributed by atoms with Crippen LogP contribution in [0.4, 0.5) is 0 Å². The Bertz CT molecular complexity index is 2140. The van der Waals surface area contributed by atoms with Gasteiger partial charge in [-0.25, -0.2) is 9.78 Å². The van der Waals surface area contributed by atoms with Gasteiger partial charge < -0.3 is 68.6 Å². The van der Waals surface area contributed by atoms with Crippen LogP contribution in [0.1, 0.15) is 85.9 Å². The molecule has 2 rings (SSSR count). The first-order chi connectivity index (χ1) is 33.3. The van der Waals surface area contributed by atoms with Gasteiger partial charge in [-0.2, -0.15) is 11.8 Å². The van der Waals surface area contributed by atoms with E-state index in [1.807, 2.05) is 0 Å². The lowest BCUT2D eigenvalue weighted by Crippen LogP contribution is -2.62. The van der Waals surface area contributed by atoms with E-state index in [2.05, 4.69) is 52.5 Å². The highest BCUT2D eigenvalue weighted by Gasteiger charge is 2.37. The Morgan fingerprint density at radius 2 is 1.11 bits per heavy atom. The number of nitrogens with two attached hydrogens (primary N) is 1. The molecule has 10 atom stereocenters. The summed E-state index contributed by atoms with van der Waals surface area (Å²) in [6, 6.07) is -6.22. The fourth-order valence-corrected chi connectivity index (χ4v) is 7.28. The van der Waals surface area contributed by atoms with E-state index in [0.29, 0.717) is 23.4 Å². The molecule has 71 heavy (non-hydrogen) atoms. The molecular formula is C46H71N11O13S.